The van der Waals surface area contributed by atoms with E-state index in [9.17, 15) is 13.6 Å². The number of hydrogen-bond acceptors (Lipinski definition) is 2. The molecule has 1 amide bonds. The third kappa shape index (κ3) is 2.83. The molecule has 5 heteroatoms. The summed E-state index contributed by atoms with van der Waals surface area (Å²) in [6, 6.07) is 9.81. The third-order valence-corrected chi connectivity index (χ3v) is 3.00. The summed E-state index contributed by atoms with van der Waals surface area (Å²) in [7, 11) is 1.50. The van der Waals surface area contributed by atoms with Crippen LogP contribution in [0.1, 0.15) is 15.9 Å². The van der Waals surface area contributed by atoms with Crippen LogP contribution in [0.5, 0.6) is 0 Å². The molecule has 0 unspecified atom stereocenters. The van der Waals surface area contributed by atoms with Crippen molar-refractivity contribution in [2.24, 2.45) is 5.73 Å². The van der Waals surface area contributed by atoms with Crippen LogP contribution in [0.15, 0.2) is 42.5 Å². The normalized spacial score (nSPS) is 10.4. The highest BCUT2D eigenvalue weighted by molar-refractivity contribution is 6.05. The van der Waals surface area contributed by atoms with Crippen LogP contribution in [-0.2, 0) is 6.54 Å². The van der Waals surface area contributed by atoms with E-state index in [0.717, 1.165) is 23.8 Å². The zero-order valence-electron chi connectivity index (χ0n) is 10.9. The first kappa shape index (κ1) is 14.1. The Morgan fingerprint density at radius 3 is 2.65 bits per heavy atom. The average molecular weight is 276 g/mol. The maximum atomic E-state index is 13.6. The van der Waals surface area contributed by atoms with Gasteiger partial charge in [-0.3, -0.25) is 4.79 Å². The zero-order valence-corrected chi connectivity index (χ0v) is 10.9. The first-order valence-corrected chi connectivity index (χ1v) is 6.05. The fraction of sp³-hybridized carbons (Fsp3) is 0.133. The number of carbonyl (C=O) groups excluding carboxylic acids is 1. The summed E-state index contributed by atoms with van der Waals surface area (Å²) in [6.07, 6.45) is 0. The Morgan fingerprint density at radius 2 is 1.95 bits per heavy atom. The first-order chi connectivity index (χ1) is 9.52. The predicted molar refractivity (Wildman–Crippen MR) is 73.4 cm³/mol. The van der Waals surface area contributed by atoms with E-state index >= 15 is 0 Å². The molecule has 0 radical (unpaired) electrons. The van der Waals surface area contributed by atoms with E-state index in [1.54, 1.807) is 18.2 Å². The van der Waals surface area contributed by atoms with Gasteiger partial charge in [-0.2, -0.15) is 0 Å². The van der Waals surface area contributed by atoms with Crippen molar-refractivity contribution in [3.8, 4) is 0 Å². The van der Waals surface area contributed by atoms with Gasteiger partial charge in [-0.1, -0.05) is 12.1 Å². The van der Waals surface area contributed by atoms with Crippen molar-refractivity contribution in [3.63, 3.8) is 0 Å². The maximum Gasteiger partial charge on any atom is 0.261 e. The van der Waals surface area contributed by atoms with Crippen LogP contribution in [0, 0.1) is 11.6 Å². The highest BCUT2D eigenvalue weighted by Gasteiger charge is 2.18. The van der Waals surface area contributed by atoms with Gasteiger partial charge in [-0.25, -0.2) is 8.78 Å². The number of halogens is 2. The fourth-order valence-corrected chi connectivity index (χ4v) is 1.85. The highest BCUT2D eigenvalue weighted by atomic mass is 19.1. The molecular weight excluding hydrogens is 262 g/mol. The molecule has 3 nitrogen and oxygen atoms in total. The second-order valence-electron chi connectivity index (χ2n) is 4.36. The first-order valence-electron chi connectivity index (χ1n) is 6.05. The van der Waals surface area contributed by atoms with Gasteiger partial charge in [0.15, 0.2) is 0 Å². The molecule has 0 aliphatic heterocycles. The number of nitrogens with two attached hydrogens (primary N) is 1. The number of amides is 1. The van der Waals surface area contributed by atoms with Crippen molar-refractivity contribution in [2.75, 3.05) is 11.9 Å². The van der Waals surface area contributed by atoms with Gasteiger partial charge in [0.1, 0.15) is 11.6 Å². The Balaban J connectivity index is 2.34. The Labute approximate surface area is 115 Å². The van der Waals surface area contributed by atoms with Crippen LogP contribution < -0.4 is 10.6 Å². The molecule has 0 saturated heterocycles. The maximum absolute atomic E-state index is 13.6. The minimum absolute atomic E-state index is 0.300. The van der Waals surface area contributed by atoms with Gasteiger partial charge >= 0.3 is 0 Å². The van der Waals surface area contributed by atoms with E-state index in [4.69, 9.17) is 5.73 Å². The van der Waals surface area contributed by atoms with E-state index < -0.39 is 17.5 Å². The van der Waals surface area contributed by atoms with Crippen LogP contribution >= 0.6 is 0 Å². The fourth-order valence-electron chi connectivity index (χ4n) is 1.85. The van der Waals surface area contributed by atoms with E-state index in [-0.39, 0.29) is 5.56 Å². The molecule has 0 aliphatic rings. The molecule has 0 bridgehead atoms. The molecule has 2 N–H and O–H groups in total. The van der Waals surface area contributed by atoms with Crippen LogP contribution in [-0.4, -0.2) is 13.0 Å². The quantitative estimate of drug-likeness (QED) is 0.937. The van der Waals surface area contributed by atoms with Crippen LogP contribution in [0.4, 0.5) is 14.5 Å². The molecule has 2 aromatic rings. The predicted octanol–water partition coefficient (Wildman–Crippen LogP) is 2.70. The second kappa shape index (κ2) is 5.79. The number of carbonyl (C=O) groups is 1. The lowest BCUT2D eigenvalue weighted by Gasteiger charge is -2.18. The minimum atomic E-state index is -0.752. The molecule has 0 heterocycles. The minimum Gasteiger partial charge on any atom is -0.326 e. The smallest absolute Gasteiger partial charge is 0.261 e. The van der Waals surface area contributed by atoms with Gasteiger partial charge < -0.3 is 10.6 Å². The molecule has 0 spiro atoms. The number of nitrogens with zero attached hydrogens (tertiary/aromatic N) is 1. The molecule has 2 rings (SSSR count). The molecule has 20 heavy (non-hydrogen) atoms. The number of hydrogen-bond donors (Lipinski definition) is 1. The van der Waals surface area contributed by atoms with Crippen LogP contribution in [0.3, 0.4) is 0 Å². The Hall–Kier alpha value is -2.27. The van der Waals surface area contributed by atoms with Crippen molar-refractivity contribution >= 4 is 11.6 Å². The number of benzene rings is 2. The second-order valence-corrected chi connectivity index (χ2v) is 4.36. The summed E-state index contributed by atoms with van der Waals surface area (Å²) in [6.45, 7) is 0.337. The molecule has 0 aromatic heterocycles. The summed E-state index contributed by atoms with van der Waals surface area (Å²) in [4.78, 5) is 13.5. The lowest BCUT2D eigenvalue weighted by atomic mass is 10.1. The number of rotatable bonds is 3. The van der Waals surface area contributed by atoms with Gasteiger partial charge in [0.25, 0.3) is 5.91 Å². The monoisotopic (exact) mass is 276 g/mol. The van der Waals surface area contributed by atoms with Gasteiger partial charge in [0.2, 0.25) is 0 Å². The summed E-state index contributed by atoms with van der Waals surface area (Å²) in [5.41, 5.74) is 6.66. The van der Waals surface area contributed by atoms with Crippen molar-refractivity contribution in [1.82, 2.24) is 0 Å². The molecule has 0 fully saturated rings. The van der Waals surface area contributed by atoms with Gasteiger partial charge in [-0.05, 0) is 35.9 Å². The summed E-state index contributed by atoms with van der Waals surface area (Å²) < 4.78 is 26.7. The highest BCUT2D eigenvalue weighted by Crippen LogP contribution is 2.19. The summed E-state index contributed by atoms with van der Waals surface area (Å²) in [5.74, 6) is -2.02. The van der Waals surface area contributed by atoms with E-state index in [0.29, 0.717) is 12.2 Å². The number of anilines is 1. The Bertz CT molecular complexity index is 644. The molecule has 0 saturated carbocycles. The van der Waals surface area contributed by atoms with Crippen molar-refractivity contribution in [2.45, 2.75) is 6.54 Å². The third-order valence-electron chi connectivity index (χ3n) is 3.00. The van der Waals surface area contributed by atoms with Crippen LogP contribution in [0.25, 0.3) is 0 Å². The Morgan fingerprint density at radius 1 is 1.20 bits per heavy atom. The van der Waals surface area contributed by atoms with Crippen LogP contribution in [0.2, 0.25) is 0 Å². The molecular formula is C15H14F2N2O. The lowest BCUT2D eigenvalue weighted by molar-refractivity contribution is 0.0988. The largest absolute Gasteiger partial charge is 0.326 e. The van der Waals surface area contributed by atoms with Gasteiger partial charge in [0.05, 0.1) is 5.56 Å². The standard InChI is InChI=1S/C15H14F2N2O/c1-19(12-4-2-3-10(7-12)9-18)15(20)13-8-11(16)5-6-14(13)17/h2-8H,9,18H2,1H3. The Kier molecular flexibility index (Phi) is 4.10. The topological polar surface area (TPSA) is 46.3 Å². The lowest BCUT2D eigenvalue weighted by Crippen LogP contribution is -2.27. The van der Waals surface area contributed by atoms with E-state index in [1.807, 2.05) is 6.07 Å². The summed E-state index contributed by atoms with van der Waals surface area (Å²) in [5, 5.41) is 0. The zero-order chi connectivity index (χ0) is 14.7. The summed E-state index contributed by atoms with van der Waals surface area (Å²) >= 11 is 0. The van der Waals surface area contributed by atoms with E-state index in [1.165, 1.54) is 11.9 Å². The van der Waals surface area contributed by atoms with Gasteiger partial charge in [-0.15, -0.1) is 0 Å². The molecule has 0 aliphatic carbocycles. The molecule has 2 aromatic carbocycles. The molecule has 104 valence electrons. The van der Waals surface area contributed by atoms with Crippen molar-refractivity contribution < 1.29 is 13.6 Å². The molecule has 0 atom stereocenters. The van der Waals surface area contributed by atoms with Crippen molar-refractivity contribution in [1.29, 1.82) is 0 Å². The van der Waals surface area contributed by atoms with Crippen molar-refractivity contribution in [3.05, 3.63) is 65.2 Å². The van der Waals surface area contributed by atoms with Gasteiger partial charge in [0, 0.05) is 19.3 Å². The SMILES string of the molecule is CN(C(=O)c1cc(F)ccc1F)c1cccc(CN)c1. The van der Waals surface area contributed by atoms with E-state index in [2.05, 4.69) is 0 Å². The average Bonchev–Trinajstić information content (AvgIpc) is 2.48.